The minimum absolute atomic E-state index is 0.0472. The topological polar surface area (TPSA) is 70.2 Å². The van der Waals surface area contributed by atoms with Crippen molar-refractivity contribution in [2.24, 2.45) is 11.7 Å². The number of nitrogens with two attached hydrogens (primary N) is 1. The zero-order chi connectivity index (χ0) is 18.7. The first kappa shape index (κ1) is 17.7. The second kappa shape index (κ2) is 7.40. The number of hydrogen-bond acceptors (Lipinski definition) is 4. The molecule has 0 aromatic heterocycles. The molecular formula is C22H23N3O. The lowest BCUT2D eigenvalue weighted by molar-refractivity contribution is 0.102. The van der Waals surface area contributed by atoms with Gasteiger partial charge in [-0.3, -0.25) is 4.79 Å². The Kier molecular flexibility index (Phi) is 5.03. The van der Waals surface area contributed by atoms with E-state index in [2.05, 4.69) is 0 Å². The Morgan fingerprint density at radius 3 is 2.31 bits per heavy atom. The normalized spacial score (nSPS) is 16.7. The van der Waals surface area contributed by atoms with Crippen LogP contribution in [0.3, 0.4) is 0 Å². The molecule has 3 rings (SSSR count). The molecule has 132 valence electrons. The molecule has 0 heterocycles. The Balaban J connectivity index is 1.90. The van der Waals surface area contributed by atoms with Crippen molar-refractivity contribution >= 4 is 17.2 Å². The number of carbonyl (C=O) groups is 1. The van der Waals surface area contributed by atoms with Gasteiger partial charge >= 0.3 is 0 Å². The molecule has 0 fully saturated rings. The number of ketones is 1. The Morgan fingerprint density at radius 2 is 1.69 bits per heavy atom. The predicted octanol–water partition coefficient (Wildman–Crippen LogP) is 3.60. The summed E-state index contributed by atoms with van der Waals surface area (Å²) in [7, 11) is 3.99. The van der Waals surface area contributed by atoms with Crippen LogP contribution in [-0.4, -0.2) is 25.6 Å². The fraction of sp³-hybridized carbons (Fsp3) is 0.182. The van der Waals surface area contributed by atoms with Gasteiger partial charge in [-0.15, -0.1) is 0 Å². The minimum Gasteiger partial charge on any atom is -0.397 e. The summed E-state index contributed by atoms with van der Waals surface area (Å²) in [4.78, 5) is 15.0. The summed E-state index contributed by atoms with van der Waals surface area (Å²) in [6.45, 7) is 0. The van der Waals surface area contributed by atoms with Gasteiger partial charge in [0, 0.05) is 36.8 Å². The van der Waals surface area contributed by atoms with E-state index in [0.717, 1.165) is 11.3 Å². The summed E-state index contributed by atoms with van der Waals surface area (Å²) in [6, 6.07) is 17.4. The van der Waals surface area contributed by atoms with Crippen molar-refractivity contribution in [3.8, 4) is 0 Å². The molecule has 3 N–H and O–H groups in total. The largest absolute Gasteiger partial charge is 0.397 e. The number of hydrogen-bond donors (Lipinski definition) is 2. The van der Waals surface area contributed by atoms with Crippen LogP contribution in [0.25, 0.3) is 0 Å². The third-order valence-electron chi connectivity index (χ3n) is 4.67. The number of allylic oxidation sites excluding steroid dienone is 4. The number of nitrogens with one attached hydrogen (secondary N) is 1. The van der Waals surface area contributed by atoms with Crippen molar-refractivity contribution in [3.63, 3.8) is 0 Å². The fourth-order valence-electron chi connectivity index (χ4n) is 3.11. The third kappa shape index (κ3) is 3.59. The molecule has 26 heavy (non-hydrogen) atoms. The van der Waals surface area contributed by atoms with Crippen LogP contribution in [0.1, 0.15) is 15.9 Å². The van der Waals surface area contributed by atoms with E-state index in [4.69, 9.17) is 11.1 Å². The maximum Gasteiger partial charge on any atom is 0.189 e. The molecule has 4 heteroatoms. The first-order chi connectivity index (χ1) is 12.5. The summed E-state index contributed by atoms with van der Waals surface area (Å²) >= 11 is 0. The van der Waals surface area contributed by atoms with Crippen molar-refractivity contribution in [2.45, 2.75) is 6.42 Å². The second-order valence-corrected chi connectivity index (χ2v) is 6.67. The van der Waals surface area contributed by atoms with Gasteiger partial charge in [-0.05, 0) is 30.2 Å². The average molecular weight is 345 g/mol. The van der Waals surface area contributed by atoms with Gasteiger partial charge in [-0.25, -0.2) is 0 Å². The average Bonchev–Trinajstić information content (AvgIpc) is 2.66. The Morgan fingerprint density at radius 1 is 1.04 bits per heavy atom. The summed E-state index contributed by atoms with van der Waals surface area (Å²) in [6.07, 6.45) is 4.00. The maximum atomic E-state index is 13.0. The molecule has 0 radical (unpaired) electrons. The zero-order valence-electron chi connectivity index (χ0n) is 15.1. The highest BCUT2D eigenvalue weighted by atomic mass is 16.1. The van der Waals surface area contributed by atoms with Crippen LogP contribution in [0.2, 0.25) is 0 Å². The van der Waals surface area contributed by atoms with E-state index in [0.29, 0.717) is 29.0 Å². The number of Topliss-reactive ketones (excluding diaryl/α,β-unsaturated/α-hetero) is 1. The lowest BCUT2D eigenvalue weighted by Crippen LogP contribution is -2.30. The Hall–Kier alpha value is -3.14. The molecule has 0 saturated carbocycles. The molecule has 2 aromatic rings. The molecule has 2 aromatic carbocycles. The van der Waals surface area contributed by atoms with Gasteiger partial charge in [0.05, 0.1) is 11.4 Å². The van der Waals surface area contributed by atoms with Gasteiger partial charge in [-0.2, -0.15) is 0 Å². The van der Waals surface area contributed by atoms with Gasteiger partial charge in [0.25, 0.3) is 0 Å². The molecule has 0 aliphatic heterocycles. The van der Waals surface area contributed by atoms with E-state index < -0.39 is 0 Å². The molecule has 1 aliphatic carbocycles. The first-order valence-electron chi connectivity index (χ1n) is 8.59. The number of benzene rings is 2. The van der Waals surface area contributed by atoms with E-state index >= 15 is 0 Å². The van der Waals surface area contributed by atoms with Crippen molar-refractivity contribution in [1.29, 1.82) is 5.41 Å². The van der Waals surface area contributed by atoms with Gasteiger partial charge < -0.3 is 16.0 Å². The monoisotopic (exact) mass is 345 g/mol. The summed E-state index contributed by atoms with van der Waals surface area (Å²) in [5, 5.41) is 8.40. The summed E-state index contributed by atoms with van der Waals surface area (Å²) in [5.41, 5.74) is 10.1. The zero-order valence-corrected chi connectivity index (χ0v) is 15.1. The third-order valence-corrected chi connectivity index (χ3v) is 4.67. The quantitative estimate of drug-likeness (QED) is 0.814. The van der Waals surface area contributed by atoms with Crippen LogP contribution in [0, 0.1) is 11.3 Å². The minimum atomic E-state index is -0.335. The van der Waals surface area contributed by atoms with E-state index in [9.17, 15) is 4.79 Å². The van der Waals surface area contributed by atoms with Crippen LogP contribution >= 0.6 is 0 Å². The van der Waals surface area contributed by atoms with Crippen molar-refractivity contribution < 1.29 is 4.79 Å². The van der Waals surface area contributed by atoms with Crippen molar-refractivity contribution in [1.82, 2.24) is 0 Å². The molecule has 1 atom stereocenters. The summed E-state index contributed by atoms with van der Waals surface area (Å²) < 4.78 is 0. The van der Waals surface area contributed by atoms with Gasteiger partial charge in [0.1, 0.15) is 0 Å². The van der Waals surface area contributed by atoms with Crippen LogP contribution in [0.5, 0.6) is 0 Å². The highest BCUT2D eigenvalue weighted by molar-refractivity contribution is 6.16. The molecule has 0 spiro atoms. The lowest BCUT2D eigenvalue weighted by Gasteiger charge is -2.24. The molecule has 1 aliphatic rings. The molecule has 0 saturated heterocycles. The second-order valence-electron chi connectivity index (χ2n) is 6.67. The predicted molar refractivity (Wildman–Crippen MR) is 107 cm³/mol. The van der Waals surface area contributed by atoms with Crippen molar-refractivity contribution in [2.75, 3.05) is 19.0 Å². The van der Waals surface area contributed by atoms with E-state index in [-0.39, 0.29) is 11.7 Å². The standard InChI is InChI=1S/C22H23N3O/c1-25(2)17-10-8-15(9-11-17)14-19-18(12-13-20(23)21(19)24)22(26)16-6-4-3-5-7-16/h3-13,19,24H,14,23H2,1-2H3. The molecule has 4 nitrogen and oxygen atoms in total. The van der Waals surface area contributed by atoms with Crippen molar-refractivity contribution in [3.05, 3.63) is 89.1 Å². The molecule has 0 bridgehead atoms. The maximum absolute atomic E-state index is 13.0. The van der Waals surface area contributed by atoms with Crippen LogP contribution < -0.4 is 10.6 Å². The van der Waals surface area contributed by atoms with Crippen LogP contribution in [-0.2, 0) is 6.42 Å². The lowest BCUT2D eigenvalue weighted by atomic mass is 9.80. The van der Waals surface area contributed by atoms with E-state index in [1.807, 2.05) is 61.5 Å². The molecule has 1 unspecified atom stereocenters. The number of anilines is 1. The van der Waals surface area contributed by atoms with E-state index in [1.165, 1.54) is 0 Å². The van der Waals surface area contributed by atoms with Crippen LogP contribution in [0.15, 0.2) is 78.0 Å². The van der Waals surface area contributed by atoms with Crippen LogP contribution in [0.4, 0.5) is 5.69 Å². The SMILES string of the molecule is CN(C)c1ccc(CC2C(=N)C(N)=CC=C2C(=O)c2ccccc2)cc1. The molecule has 0 amide bonds. The van der Waals surface area contributed by atoms with Gasteiger partial charge in [0.15, 0.2) is 5.78 Å². The highest BCUT2D eigenvalue weighted by Gasteiger charge is 2.29. The first-order valence-corrected chi connectivity index (χ1v) is 8.59. The Labute approximate surface area is 154 Å². The molecular weight excluding hydrogens is 322 g/mol. The highest BCUT2D eigenvalue weighted by Crippen LogP contribution is 2.28. The van der Waals surface area contributed by atoms with Gasteiger partial charge in [0.2, 0.25) is 0 Å². The number of nitrogens with zero attached hydrogens (tertiary/aromatic N) is 1. The fourth-order valence-corrected chi connectivity index (χ4v) is 3.11. The summed E-state index contributed by atoms with van der Waals surface area (Å²) in [5.74, 6) is -0.382. The smallest absolute Gasteiger partial charge is 0.189 e. The number of rotatable bonds is 5. The Bertz CT molecular complexity index is 877. The number of carbonyl (C=O) groups excluding carboxylic acids is 1. The van der Waals surface area contributed by atoms with E-state index in [1.54, 1.807) is 24.3 Å². The van der Waals surface area contributed by atoms with Gasteiger partial charge in [-0.1, -0.05) is 48.5 Å².